The number of pyridine rings is 1. The van der Waals surface area contributed by atoms with Gasteiger partial charge in [-0.2, -0.15) is 0 Å². The number of rotatable bonds is 7. The number of carbonyl (C=O) groups is 1. The van der Waals surface area contributed by atoms with Crippen molar-refractivity contribution in [2.45, 2.75) is 26.7 Å². The molecular weight excluding hydrogens is 354 g/mol. The number of carbonyl (C=O) groups excluding carboxylic acids is 1. The SMILES string of the molecule is CCCN1CCN(CCCNC(=O)Nc2c[nH]c3ccc(C)cc3c2=O)CC1. The fraction of sp³-hybridized carbons (Fsp3) is 0.524. The maximum atomic E-state index is 12.6. The molecular formula is C21H31N5O2. The lowest BCUT2D eigenvalue weighted by Crippen LogP contribution is -2.47. The third kappa shape index (κ3) is 5.33. The van der Waals surface area contributed by atoms with Crippen LogP contribution in [0.3, 0.4) is 0 Å². The molecule has 7 heteroatoms. The highest BCUT2D eigenvalue weighted by atomic mass is 16.2. The number of piperazine rings is 1. The Morgan fingerprint density at radius 2 is 1.86 bits per heavy atom. The van der Waals surface area contributed by atoms with E-state index in [1.807, 2.05) is 25.1 Å². The third-order valence-electron chi connectivity index (χ3n) is 5.23. The highest BCUT2D eigenvalue weighted by molar-refractivity contribution is 5.91. The standard InChI is InChI=1S/C21H31N5O2/c1-3-8-25-10-12-26(13-11-25)9-4-7-22-21(28)24-19-15-23-18-6-5-16(2)14-17(18)20(19)27/h5-6,14-15H,3-4,7-13H2,1-2H3,(H,23,27)(H2,22,24,28). The summed E-state index contributed by atoms with van der Waals surface area (Å²) in [6.07, 6.45) is 3.66. The molecule has 2 heterocycles. The number of hydrogen-bond acceptors (Lipinski definition) is 4. The maximum absolute atomic E-state index is 12.6. The average molecular weight is 386 g/mol. The normalized spacial score (nSPS) is 15.6. The Balaban J connectivity index is 1.42. The molecule has 1 saturated heterocycles. The van der Waals surface area contributed by atoms with Crippen LogP contribution in [-0.4, -0.2) is 66.6 Å². The number of nitrogens with zero attached hydrogens (tertiary/aromatic N) is 2. The second-order valence-electron chi connectivity index (χ2n) is 7.50. The first-order valence-electron chi connectivity index (χ1n) is 10.2. The predicted molar refractivity (Wildman–Crippen MR) is 114 cm³/mol. The van der Waals surface area contributed by atoms with E-state index < -0.39 is 0 Å². The minimum atomic E-state index is -0.342. The van der Waals surface area contributed by atoms with Gasteiger partial charge < -0.3 is 25.4 Å². The van der Waals surface area contributed by atoms with E-state index in [0.717, 1.165) is 50.2 Å². The molecule has 3 rings (SSSR count). The molecule has 2 aromatic rings. The number of aromatic nitrogens is 1. The first-order chi connectivity index (χ1) is 13.6. The summed E-state index contributed by atoms with van der Waals surface area (Å²) in [5.41, 5.74) is 1.87. The molecule has 1 aliphatic rings. The van der Waals surface area contributed by atoms with Gasteiger partial charge in [0.25, 0.3) is 0 Å². The molecule has 0 bridgehead atoms. The first kappa shape index (κ1) is 20.4. The minimum absolute atomic E-state index is 0.169. The summed E-state index contributed by atoms with van der Waals surface area (Å²) in [5.74, 6) is 0. The van der Waals surface area contributed by atoms with Crippen molar-refractivity contribution >= 4 is 22.6 Å². The monoisotopic (exact) mass is 385 g/mol. The van der Waals surface area contributed by atoms with Crippen LogP contribution in [0.2, 0.25) is 0 Å². The highest BCUT2D eigenvalue weighted by Crippen LogP contribution is 2.12. The van der Waals surface area contributed by atoms with Gasteiger partial charge in [0.2, 0.25) is 5.43 Å². The van der Waals surface area contributed by atoms with E-state index in [9.17, 15) is 9.59 Å². The lowest BCUT2D eigenvalue weighted by Gasteiger charge is -2.34. The number of fused-ring (bicyclic) bond motifs is 1. The van der Waals surface area contributed by atoms with E-state index in [4.69, 9.17) is 0 Å². The van der Waals surface area contributed by atoms with Gasteiger partial charge in [-0.1, -0.05) is 18.6 Å². The zero-order valence-electron chi connectivity index (χ0n) is 16.9. The highest BCUT2D eigenvalue weighted by Gasteiger charge is 2.15. The number of anilines is 1. The third-order valence-corrected chi connectivity index (χ3v) is 5.23. The molecule has 0 unspecified atom stereocenters. The van der Waals surface area contributed by atoms with Crippen LogP contribution >= 0.6 is 0 Å². The van der Waals surface area contributed by atoms with Crippen LogP contribution in [0.15, 0.2) is 29.2 Å². The number of amides is 2. The summed E-state index contributed by atoms with van der Waals surface area (Å²) in [7, 11) is 0. The molecule has 1 aromatic carbocycles. The molecule has 1 aliphatic heterocycles. The van der Waals surface area contributed by atoms with Gasteiger partial charge in [-0.25, -0.2) is 4.79 Å². The summed E-state index contributed by atoms with van der Waals surface area (Å²) < 4.78 is 0. The zero-order chi connectivity index (χ0) is 19.9. The molecule has 1 fully saturated rings. The van der Waals surface area contributed by atoms with Crippen molar-refractivity contribution in [1.29, 1.82) is 0 Å². The summed E-state index contributed by atoms with van der Waals surface area (Å²) >= 11 is 0. The number of aromatic amines is 1. The Morgan fingerprint density at radius 3 is 2.57 bits per heavy atom. The Morgan fingerprint density at radius 1 is 1.14 bits per heavy atom. The largest absolute Gasteiger partial charge is 0.359 e. The zero-order valence-corrected chi connectivity index (χ0v) is 16.9. The lowest BCUT2D eigenvalue weighted by molar-refractivity contribution is 0.131. The average Bonchev–Trinajstić information content (AvgIpc) is 2.69. The maximum Gasteiger partial charge on any atom is 0.319 e. The van der Waals surface area contributed by atoms with Crippen molar-refractivity contribution in [3.8, 4) is 0 Å². The molecule has 28 heavy (non-hydrogen) atoms. The molecule has 3 N–H and O–H groups in total. The van der Waals surface area contributed by atoms with Crippen molar-refractivity contribution in [3.05, 3.63) is 40.2 Å². The number of nitrogens with one attached hydrogen (secondary N) is 3. The van der Waals surface area contributed by atoms with Crippen molar-refractivity contribution in [1.82, 2.24) is 20.1 Å². The Hall–Kier alpha value is -2.38. The Labute approximate surface area is 166 Å². The summed E-state index contributed by atoms with van der Waals surface area (Å²) in [6.45, 7) is 11.4. The Bertz CT molecular complexity index is 855. The van der Waals surface area contributed by atoms with E-state index in [1.165, 1.54) is 13.0 Å². The number of benzene rings is 1. The molecule has 0 atom stereocenters. The Kier molecular flexibility index (Phi) is 7.06. The number of hydrogen-bond donors (Lipinski definition) is 3. The molecule has 0 saturated carbocycles. The van der Waals surface area contributed by atoms with E-state index in [1.54, 1.807) is 6.20 Å². The van der Waals surface area contributed by atoms with Gasteiger partial charge in [0, 0.05) is 49.8 Å². The topological polar surface area (TPSA) is 80.5 Å². The van der Waals surface area contributed by atoms with Crippen LogP contribution in [-0.2, 0) is 0 Å². The quantitative estimate of drug-likeness (QED) is 0.639. The van der Waals surface area contributed by atoms with Gasteiger partial charge in [0.1, 0.15) is 5.69 Å². The van der Waals surface area contributed by atoms with Crippen molar-refractivity contribution in [2.75, 3.05) is 51.1 Å². The van der Waals surface area contributed by atoms with Crippen molar-refractivity contribution in [3.63, 3.8) is 0 Å². The molecule has 152 valence electrons. The van der Waals surface area contributed by atoms with Gasteiger partial charge in [-0.3, -0.25) is 4.79 Å². The number of aryl methyl sites for hydroxylation is 1. The van der Waals surface area contributed by atoms with Crippen LogP contribution in [0.4, 0.5) is 10.5 Å². The molecule has 2 amide bonds. The number of H-pyrrole nitrogens is 1. The van der Waals surface area contributed by atoms with Gasteiger partial charge >= 0.3 is 6.03 Å². The van der Waals surface area contributed by atoms with Gasteiger partial charge in [0.05, 0.1) is 0 Å². The lowest BCUT2D eigenvalue weighted by atomic mass is 10.1. The van der Waals surface area contributed by atoms with Gasteiger partial charge in [-0.05, 0) is 45.0 Å². The summed E-state index contributed by atoms with van der Waals surface area (Å²) in [4.78, 5) is 32.7. The van der Waals surface area contributed by atoms with E-state index >= 15 is 0 Å². The first-order valence-corrected chi connectivity index (χ1v) is 10.2. The van der Waals surface area contributed by atoms with E-state index in [0.29, 0.717) is 11.9 Å². The second-order valence-corrected chi connectivity index (χ2v) is 7.50. The molecule has 0 radical (unpaired) electrons. The van der Waals surface area contributed by atoms with Crippen LogP contribution in [0, 0.1) is 6.92 Å². The van der Waals surface area contributed by atoms with Crippen molar-refractivity contribution < 1.29 is 4.79 Å². The van der Waals surface area contributed by atoms with Gasteiger partial charge in [-0.15, -0.1) is 0 Å². The fourth-order valence-electron chi connectivity index (χ4n) is 3.65. The van der Waals surface area contributed by atoms with Crippen LogP contribution in [0.25, 0.3) is 10.9 Å². The molecule has 0 aliphatic carbocycles. The van der Waals surface area contributed by atoms with Crippen molar-refractivity contribution in [2.24, 2.45) is 0 Å². The van der Waals surface area contributed by atoms with E-state index in [2.05, 4.69) is 32.3 Å². The summed E-state index contributed by atoms with van der Waals surface area (Å²) in [5, 5.41) is 6.10. The van der Waals surface area contributed by atoms with Crippen LogP contribution in [0.5, 0.6) is 0 Å². The van der Waals surface area contributed by atoms with Crippen LogP contribution in [0.1, 0.15) is 25.3 Å². The molecule has 0 spiro atoms. The predicted octanol–water partition coefficient (Wildman–Crippen LogP) is 2.38. The van der Waals surface area contributed by atoms with Crippen LogP contribution < -0.4 is 16.1 Å². The summed E-state index contributed by atoms with van der Waals surface area (Å²) in [6, 6.07) is 5.31. The number of urea groups is 1. The molecule has 1 aromatic heterocycles. The second kappa shape index (κ2) is 9.71. The minimum Gasteiger partial charge on any atom is -0.359 e. The van der Waals surface area contributed by atoms with Gasteiger partial charge in [0.15, 0.2) is 0 Å². The smallest absolute Gasteiger partial charge is 0.319 e. The van der Waals surface area contributed by atoms with E-state index in [-0.39, 0.29) is 17.1 Å². The molecule has 7 nitrogen and oxygen atoms in total. The fourth-order valence-corrected chi connectivity index (χ4v) is 3.65.